The van der Waals surface area contributed by atoms with Crippen molar-refractivity contribution < 1.29 is 45.0 Å². The Morgan fingerprint density at radius 2 is 1.71 bits per heavy atom. The van der Waals surface area contributed by atoms with Gasteiger partial charge in [-0.3, -0.25) is 4.79 Å². The zero-order valence-electron chi connectivity index (χ0n) is 11.6. The fourth-order valence-corrected chi connectivity index (χ4v) is 1.49. The molecule has 10 nitrogen and oxygen atoms in total. The van der Waals surface area contributed by atoms with Crippen molar-refractivity contribution in [2.75, 3.05) is 6.61 Å². The molecule has 1 rings (SSSR count). The predicted molar refractivity (Wildman–Crippen MR) is 66.9 cm³/mol. The third kappa shape index (κ3) is 6.33. The Morgan fingerprint density at radius 1 is 1.24 bits per heavy atom. The van der Waals surface area contributed by atoms with Crippen LogP contribution in [0.25, 0.3) is 0 Å². The number of nitrogens with one attached hydrogen (secondary N) is 1. The Labute approximate surface area is 120 Å². The summed E-state index contributed by atoms with van der Waals surface area (Å²) < 4.78 is 4.81. The minimum atomic E-state index is -1.45. The number of amides is 1. The summed E-state index contributed by atoms with van der Waals surface area (Å²) in [5, 5.41) is 55.2. The molecule has 0 aromatic carbocycles. The first-order valence-electron chi connectivity index (χ1n) is 6.10. The van der Waals surface area contributed by atoms with Gasteiger partial charge in [0.05, 0.1) is 6.61 Å². The standard InChI is InChI=1S/C8H15NO6.C3H6O3/c1-3(11)9-5-7(13)6(12)4(2-10)15-8(5)14;1-2(4)3(5)6/h4-8,10,12-14H,2H2,1H3,(H,9,11);2,4H,1H3,(H,5,6)/t4-,5-,6-,7-,8?;/m1./s1. The van der Waals surface area contributed by atoms with E-state index in [-0.39, 0.29) is 0 Å². The lowest BCUT2D eigenvalue weighted by Crippen LogP contribution is -2.63. The van der Waals surface area contributed by atoms with Gasteiger partial charge >= 0.3 is 5.97 Å². The molecular formula is C11H21NO9. The molecule has 1 saturated heterocycles. The summed E-state index contributed by atoms with van der Waals surface area (Å²) in [6, 6.07) is -1.10. The highest BCUT2D eigenvalue weighted by atomic mass is 16.6. The van der Waals surface area contributed by atoms with E-state index in [0.29, 0.717) is 0 Å². The summed E-state index contributed by atoms with van der Waals surface area (Å²) in [6.07, 6.45) is -6.47. The van der Waals surface area contributed by atoms with E-state index in [9.17, 15) is 24.9 Å². The van der Waals surface area contributed by atoms with Crippen LogP contribution in [0.2, 0.25) is 0 Å². The number of carbonyl (C=O) groups excluding carboxylic acids is 1. The van der Waals surface area contributed by atoms with Gasteiger partial charge in [-0.15, -0.1) is 0 Å². The van der Waals surface area contributed by atoms with Crippen molar-refractivity contribution in [3.63, 3.8) is 0 Å². The molecule has 0 radical (unpaired) electrons. The normalized spacial score (nSPS) is 33.4. The fourth-order valence-electron chi connectivity index (χ4n) is 1.49. The van der Waals surface area contributed by atoms with E-state index in [1.165, 1.54) is 13.8 Å². The van der Waals surface area contributed by atoms with Gasteiger partial charge in [-0.2, -0.15) is 0 Å². The third-order valence-corrected chi connectivity index (χ3v) is 2.63. The van der Waals surface area contributed by atoms with Crippen molar-refractivity contribution in [1.82, 2.24) is 5.32 Å². The Hall–Kier alpha value is -1.30. The summed E-state index contributed by atoms with van der Waals surface area (Å²) >= 11 is 0. The van der Waals surface area contributed by atoms with Crippen molar-refractivity contribution in [1.29, 1.82) is 0 Å². The molecule has 0 aliphatic carbocycles. The van der Waals surface area contributed by atoms with Crippen LogP contribution in [-0.4, -0.2) is 85.9 Å². The molecule has 21 heavy (non-hydrogen) atoms. The van der Waals surface area contributed by atoms with Gasteiger partial charge in [-0.05, 0) is 6.92 Å². The third-order valence-electron chi connectivity index (χ3n) is 2.63. The number of hydrogen-bond acceptors (Lipinski definition) is 8. The van der Waals surface area contributed by atoms with E-state index in [4.69, 9.17) is 20.1 Å². The first kappa shape index (κ1) is 19.7. The summed E-state index contributed by atoms with van der Waals surface area (Å²) in [5.74, 6) is -1.65. The SMILES string of the molecule is CC(=O)N[C@H]1C(O)O[C@H](CO)[C@@H](O)[C@@H]1O.CC(O)C(=O)O. The zero-order valence-corrected chi connectivity index (χ0v) is 11.6. The van der Waals surface area contributed by atoms with E-state index in [0.717, 1.165) is 0 Å². The topological polar surface area (TPSA) is 177 Å². The van der Waals surface area contributed by atoms with E-state index in [1.54, 1.807) is 0 Å². The quantitative estimate of drug-likeness (QED) is 0.277. The van der Waals surface area contributed by atoms with Gasteiger partial charge in [0, 0.05) is 6.92 Å². The minimum absolute atomic E-state index is 0.462. The number of carboxylic acid groups (broad SMARTS) is 1. The number of ether oxygens (including phenoxy) is 1. The molecule has 10 heteroatoms. The second kappa shape index (κ2) is 8.87. The van der Waals surface area contributed by atoms with Gasteiger partial charge in [-0.1, -0.05) is 0 Å². The lowest BCUT2D eigenvalue weighted by Gasteiger charge is -2.40. The molecule has 0 aromatic heterocycles. The fraction of sp³-hybridized carbons (Fsp3) is 0.818. The number of rotatable bonds is 3. The molecule has 1 amide bonds. The van der Waals surface area contributed by atoms with Crippen molar-refractivity contribution in [2.24, 2.45) is 0 Å². The van der Waals surface area contributed by atoms with E-state index < -0.39 is 55.2 Å². The second-order valence-electron chi connectivity index (χ2n) is 4.47. The first-order chi connectivity index (χ1) is 9.61. The van der Waals surface area contributed by atoms with Crippen LogP contribution in [0.4, 0.5) is 0 Å². The molecule has 124 valence electrons. The van der Waals surface area contributed by atoms with E-state index in [1.807, 2.05) is 0 Å². The number of carbonyl (C=O) groups is 2. The van der Waals surface area contributed by atoms with Gasteiger partial charge in [-0.25, -0.2) is 4.79 Å². The van der Waals surface area contributed by atoms with Crippen LogP contribution in [0.1, 0.15) is 13.8 Å². The zero-order chi connectivity index (χ0) is 16.7. The smallest absolute Gasteiger partial charge is 0.332 e. The minimum Gasteiger partial charge on any atom is -0.479 e. The number of aliphatic hydroxyl groups is 5. The molecule has 7 N–H and O–H groups in total. The van der Waals surface area contributed by atoms with Gasteiger partial charge in [0.25, 0.3) is 0 Å². The van der Waals surface area contributed by atoms with E-state index >= 15 is 0 Å². The number of aliphatic hydroxyl groups excluding tert-OH is 5. The Balaban J connectivity index is 0.000000567. The predicted octanol–water partition coefficient (Wildman–Crippen LogP) is -3.63. The lowest BCUT2D eigenvalue weighted by atomic mass is 9.97. The van der Waals surface area contributed by atoms with Crippen LogP contribution in [0.3, 0.4) is 0 Å². The molecule has 6 atom stereocenters. The summed E-state index contributed by atoms with van der Waals surface area (Å²) in [7, 11) is 0. The first-order valence-corrected chi connectivity index (χ1v) is 6.10. The Bertz CT molecular complexity index is 349. The summed E-state index contributed by atoms with van der Waals surface area (Å²) in [5.41, 5.74) is 0. The molecular weight excluding hydrogens is 290 g/mol. The molecule has 0 aromatic rings. The van der Waals surface area contributed by atoms with Crippen LogP contribution >= 0.6 is 0 Å². The van der Waals surface area contributed by atoms with Crippen LogP contribution in [0, 0.1) is 0 Å². The van der Waals surface area contributed by atoms with Crippen LogP contribution in [-0.2, 0) is 14.3 Å². The molecule has 1 fully saturated rings. The highest BCUT2D eigenvalue weighted by molar-refractivity contribution is 5.73. The number of carboxylic acids is 1. The maximum absolute atomic E-state index is 10.7. The Morgan fingerprint density at radius 3 is 2.05 bits per heavy atom. The van der Waals surface area contributed by atoms with Gasteiger partial charge in [0.2, 0.25) is 5.91 Å². The van der Waals surface area contributed by atoms with E-state index in [2.05, 4.69) is 5.32 Å². The molecule has 1 heterocycles. The van der Waals surface area contributed by atoms with Gasteiger partial charge in [0.15, 0.2) is 6.29 Å². The number of aliphatic carboxylic acids is 1. The molecule has 1 aliphatic rings. The van der Waals surface area contributed by atoms with Crippen molar-refractivity contribution in [3.05, 3.63) is 0 Å². The van der Waals surface area contributed by atoms with Crippen LogP contribution in [0.5, 0.6) is 0 Å². The van der Waals surface area contributed by atoms with Crippen molar-refractivity contribution in [3.8, 4) is 0 Å². The van der Waals surface area contributed by atoms with Crippen molar-refractivity contribution in [2.45, 2.75) is 50.6 Å². The maximum atomic E-state index is 10.7. The maximum Gasteiger partial charge on any atom is 0.332 e. The molecule has 1 aliphatic heterocycles. The Kier molecular flexibility index (Phi) is 8.32. The molecule has 0 spiro atoms. The molecule has 2 unspecified atom stereocenters. The van der Waals surface area contributed by atoms with Gasteiger partial charge < -0.3 is 40.7 Å². The monoisotopic (exact) mass is 311 g/mol. The summed E-state index contributed by atoms with van der Waals surface area (Å²) in [4.78, 5) is 20.2. The van der Waals surface area contributed by atoms with Crippen LogP contribution in [0.15, 0.2) is 0 Å². The summed E-state index contributed by atoms with van der Waals surface area (Å²) in [6.45, 7) is 1.88. The average molecular weight is 311 g/mol. The average Bonchev–Trinajstić information content (AvgIpc) is 2.39. The van der Waals surface area contributed by atoms with Crippen LogP contribution < -0.4 is 5.32 Å². The molecule has 0 bridgehead atoms. The lowest BCUT2D eigenvalue weighted by molar-refractivity contribution is -0.253. The number of hydrogen-bond donors (Lipinski definition) is 7. The molecule has 0 saturated carbocycles. The highest BCUT2D eigenvalue weighted by Gasteiger charge is 2.43. The largest absolute Gasteiger partial charge is 0.479 e. The van der Waals surface area contributed by atoms with Crippen molar-refractivity contribution >= 4 is 11.9 Å². The second-order valence-corrected chi connectivity index (χ2v) is 4.47. The highest BCUT2D eigenvalue weighted by Crippen LogP contribution is 2.19. The van der Waals surface area contributed by atoms with Gasteiger partial charge in [0.1, 0.15) is 30.5 Å².